The van der Waals surface area contributed by atoms with Crippen LogP contribution in [-0.2, 0) is 11.4 Å². The average molecular weight is 434 g/mol. The molecule has 0 fully saturated rings. The number of hydrogen-bond acceptors (Lipinski definition) is 4. The van der Waals surface area contributed by atoms with Gasteiger partial charge < -0.3 is 14.8 Å². The van der Waals surface area contributed by atoms with E-state index in [9.17, 15) is 10.1 Å². The SMILES string of the molecule is COc1cc(/C=C(/C#N)C(=O)Nc2ccccc2)ccc1OCc1cccc2ccccc12. The highest BCUT2D eigenvalue weighted by molar-refractivity contribution is 6.09. The van der Waals surface area contributed by atoms with E-state index in [1.165, 1.54) is 6.08 Å². The van der Waals surface area contributed by atoms with Crippen molar-refractivity contribution in [2.45, 2.75) is 6.61 Å². The van der Waals surface area contributed by atoms with Gasteiger partial charge in [0.05, 0.1) is 7.11 Å². The molecule has 0 heterocycles. The summed E-state index contributed by atoms with van der Waals surface area (Å²) < 4.78 is 11.5. The topological polar surface area (TPSA) is 71.3 Å². The van der Waals surface area contributed by atoms with Crippen LogP contribution in [0, 0.1) is 11.3 Å². The predicted octanol–water partition coefficient (Wildman–Crippen LogP) is 5.97. The molecule has 0 saturated heterocycles. The molecule has 1 N–H and O–H groups in total. The third-order valence-electron chi connectivity index (χ3n) is 5.16. The van der Waals surface area contributed by atoms with Crippen LogP contribution in [-0.4, -0.2) is 13.0 Å². The fourth-order valence-corrected chi connectivity index (χ4v) is 3.50. The molecule has 0 unspecified atom stereocenters. The Morgan fingerprint density at radius 3 is 2.48 bits per heavy atom. The number of nitrogens with zero attached hydrogens (tertiary/aromatic N) is 1. The number of anilines is 1. The molecule has 5 heteroatoms. The quantitative estimate of drug-likeness (QED) is 0.287. The molecule has 4 aromatic rings. The number of methoxy groups -OCH3 is 1. The first kappa shape index (κ1) is 21.7. The third kappa shape index (κ3) is 5.20. The highest BCUT2D eigenvalue weighted by Gasteiger charge is 2.12. The Morgan fingerprint density at radius 2 is 1.70 bits per heavy atom. The van der Waals surface area contributed by atoms with Gasteiger partial charge >= 0.3 is 0 Å². The van der Waals surface area contributed by atoms with Crippen molar-refractivity contribution in [2.24, 2.45) is 0 Å². The molecule has 1 amide bonds. The van der Waals surface area contributed by atoms with E-state index in [4.69, 9.17) is 9.47 Å². The fraction of sp³-hybridized carbons (Fsp3) is 0.0714. The lowest BCUT2D eigenvalue weighted by Gasteiger charge is -2.13. The number of rotatable bonds is 7. The zero-order valence-corrected chi connectivity index (χ0v) is 18.1. The molecule has 0 saturated carbocycles. The maximum atomic E-state index is 12.5. The summed E-state index contributed by atoms with van der Waals surface area (Å²) in [7, 11) is 1.56. The summed E-state index contributed by atoms with van der Waals surface area (Å²) in [6.07, 6.45) is 1.52. The fourth-order valence-electron chi connectivity index (χ4n) is 3.50. The molecule has 0 bridgehead atoms. The largest absolute Gasteiger partial charge is 0.493 e. The molecule has 0 aliphatic carbocycles. The van der Waals surface area contributed by atoms with Gasteiger partial charge in [-0.15, -0.1) is 0 Å². The molecule has 0 radical (unpaired) electrons. The third-order valence-corrected chi connectivity index (χ3v) is 5.16. The summed E-state index contributed by atoms with van der Waals surface area (Å²) in [6, 6.07) is 30.6. The van der Waals surface area contributed by atoms with Crippen molar-refractivity contribution in [3.63, 3.8) is 0 Å². The van der Waals surface area contributed by atoms with Gasteiger partial charge in [-0.05, 0) is 52.2 Å². The second-order valence-electron chi connectivity index (χ2n) is 7.33. The minimum absolute atomic E-state index is 0.00895. The normalized spacial score (nSPS) is 11.0. The van der Waals surface area contributed by atoms with Gasteiger partial charge in [0.15, 0.2) is 11.5 Å². The van der Waals surface area contributed by atoms with Crippen LogP contribution in [0.25, 0.3) is 16.8 Å². The minimum Gasteiger partial charge on any atom is -0.493 e. The first-order valence-corrected chi connectivity index (χ1v) is 10.4. The van der Waals surface area contributed by atoms with Gasteiger partial charge in [-0.2, -0.15) is 5.26 Å². The lowest BCUT2D eigenvalue weighted by atomic mass is 10.1. The maximum absolute atomic E-state index is 12.5. The van der Waals surface area contributed by atoms with Gasteiger partial charge in [0.2, 0.25) is 0 Å². The van der Waals surface area contributed by atoms with E-state index >= 15 is 0 Å². The molecule has 0 aliphatic heterocycles. The Labute approximate surface area is 192 Å². The van der Waals surface area contributed by atoms with E-state index in [0.29, 0.717) is 29.4 Å². The van der Waals surface area contributed by atoms with Gasteiger partial charge in [-0.1, -0.05) is 66.7 Å². The van der Waals surface area contributed by atoms with Crippen LogP contribution < -0.4 is 14.8 Å². The Hall–Kier alpha value is -4.56. The second-order valence-corrected chi connectivity index (χ2v) is 7.33. The molecule has 4 aromatic carbocycles. The van der Waals surface area contributed by atoms with Crippen molar-refractivity contribution in [2.75, 3.05) is 12.4 Å². The number of ether oxygens (including phenoxy) is 2. The molecular formula is C28H22N2O3. The zero-order chi connectivity index (χ0) is 23.0. The molecule has 0 atom stereocenters. The maximum Gasteiger partial charge on any atom is 0.266 e. The Morgan fingerprint density at radius 1 is 0.939 bits per heavy atom. The van der Waals surface area contributed by atoms with Crippen molar-refractivity contribution in [3.8, 4) is 17.6 Å². The number of carbonyl (C=O) groups excluding carboxylic acids is 1. The first-order valence-electron chi connectivity index (χ1n) is 10.4. The highest BCUT2D eigenvalue weighted by Crippen LogP contribution is 2.30. The van der Waals surface area contributed by atoms with Crippen molar-refractivity contribution in [1.29, 1.82) is 5.26 Å². The van der Waals surface area contributed by atoms with E-state index in [2.05, 4.69) is 23.5 Å². The van der Waals surface area contributed by atoms with Gasteiger partial charge in [0.1, 0.15) is 18.2 Å². The number of benzene rings is 4. The van der Waals surface area contributed by atoms with E-state index in [-0.39, 0.29) is 5.57 Å². The van der Waals surface area contributed by atoms with E-state index in [1.54, 1.807) is 37.4 Å². The Bertz CT molecular complexity index is 1350. The van der Waals surface area contributed by atoms with Crippen molar-refractivity contribution in [1.82, 2.24) is 0 Å². The van der Waals surface area contributed by atoms with E-state index in [1.807, 2.05) is 48.5 Å². The monoisotopic (exact) mass is 434 g/mol. The van der Waals surface area contributed by atoms with Crippen molar-refractivity contribution < 1.29 is 14.3 Å². The number of nitrogens with one attached hydrogen (secondary N) is 1. The smallest absolute Gasteiger partial charge is 0.266 e. The lowest BCUT2D eigenvalue weighted by molar-refractivity contribution is -0.112. The van der Waals surface area contributed by atoms with Crippen LogP contribution in [0.2, 0.25) is 0 Å². The molecule has 0 aliphatic rings. The summed E-state index contributed by atoms with van der Waals surface area (Å²) in [5.41, 5.74) is 2.34. The average Bonchev–Trinajstić information content (AvgIpc) is 2.86. The van der Waals surface area contributed by atoms with Gasteiger partial charge in [0, 0.05) is 5.69 Å². The van der Waals surface area contributed by atoms with Gasteiger partial charge in [-0.25, -0.2) is 0 Å². The predicted molar refractivity (Wildman–Crippen MR) is 130 cm³/mol. The van der Waals surface area contributed by atoms with Crippen LogP contribution in [0.5, 0.6) is 11.5 Å². The zero-order valence-electron chi connectivity index (χ0n) is 18.1. The number of nitriles is 1. The molecular weight excluding hydrogens is 412 g/mol. The van der Waals surface area contributed by atoms with Crippen LogP contribution in [0.4, 0.5) is 5.69 Å². The van der Waals surface area contributed by atoms with E-state index < -0.39 is 5.91 Å². The molecule has 4 rings (SSSR count). The van der Waals surface area contributed by atoms with Crippen LogP contribution >= 0.6 is 0 Å². The van der Waals surface area contributed by atoms with Crippen molar-refractivity contribution >= 4 is 28.4 Å². The first-order chi connectivity index (χ1) is 16.2. The molecule has 0 aromatic heterocycles. The Kier molecular flexibility index (Phi) is 6.67. The van der Waals surface area contributed by atoms with Gasteiger partial charge in [0.25, 0.3) is 5.91 Å². The van der Waals surface area contributed by atoms with E-state index in [0.717, 1.165) is 16.3 Å². The van der Waals surface area contributed by atoms with Crippen LogP contribution in [0.1, 0.15) is 11.1 Å². The second kappa shape index (κ2) is 10.2. The lowest BCUT2D eigenvalue weighted by Crippen LogP contribution is -2.13. The summed E-state index contributed by atoms with van der Waals surface area (Å²) in [5, 5.41) is 14.5. The molecule has 0 spiro atoms. The van der Waals surface area contributed by atoms with Crippen LogP contribution in [0.3, 0.4) is 0 Å². The molecule has 5 nitrogen and oxygen atoms in total. The standard InChI is InChI=1S/C28H22N2O3/c1-32-27-17-20(16-23(18-29)28(31)30-24-11-3-2-4-12-24)14-15-26(27)33-19-22-10-7-9-21-8-5-6-13-25(21)22/h2-17H,19H2,1H3,(H,30,31)/b23-16-. The number of carbonyl (C=O) groups is 1. The number of fused-ring (bicyclic) bond motifs is 1. The minimum atomic E-state index is -0.473. The Balaban J connectivity index is 1.52. The van der Waals surface area contributed by atoms with Crippen LogP contribution in [0.15, 0.2) is 96.6 Å². The summed E-state index contributed by atoms with van der Waals surface area (Å²) >= 11 is 0. The number of hydrogen-bond donors (Lipinski definition) is 1. The summed E-state index contributed by atoms with van der Waals surface area (Å²) in [5.74, 6) is 0.624. The number of amides is 1. The van der Waals surface area contributed by atoms with Gasteiger partial charge in [-0.3, -0.25) is 4.79 Å². The molecule has 162 valence electrons. The summed E-state index contributed by atoms with van der Waals surface area (Å²) in [6.45, 7) is 0.385. The highest BCUT2D eigenvalue weighted by atomic mass is 16.5. The number of para-hydroxylation sites is 1. The van der Waals surface area contributed by atoms with Crippen molar-refractivity contribution in [3.05, 3.63) is 108 Å². The molecule has 33 heavy (non-hydrogen) atoms. The summed E-state index contributed by atoms with van der Waals surface area (Å²) in [4.78, 5) is 12.5.